The van der Waals surface area contributed by atoms with Gasteiger partial charge in [0, 0.05) is 25.6 Å². The lowest BCUT2D eigenvalue weighted by Crippen LogP contribution is -2.49. The third-order valence-electron chi connectivity index (χ3n) is 5.89. The summed E-state index contributed by atoms with van der Waals surface area (Å²) in [5.41, 5.74) is 2.70. The molecule has 0 radical (unpaired) electrons. The molecule has 0 fully saturated rings. The van der Waals surface area contributed by atoms with Gasteiger partial charge in [-0.3, -0.25) is 4.79 Å². The van der Waals surface area contributed by atoms with Crippen LogP contribution >= 0.6 is 0 Å². The minimum Gasteiger partial charge on any atom is -0.618 e. The first-order valence-electron chi connectivity index (χ1n) is 12.1. The number of carbonyl (C=O) groups excluding carboxylic acids is 1. The minimum atomic E-state index is -1.09. The van der Waals surface area contributed by atoms with Crippen LogP contribution in [-0.2, 0) is 25.8 Å². The first-order valence-corrected chi connectivity index (χ1v) is 12.1. The zero-order valence-corrected chi connectivity index (χ0v) is 20.5. The molecular weight excluding hydrogens is 466 g/mol. The Morgan fingerprint density at radius 1 is 1.11 bits per heavy atom. The van der Waals surface area contributed by atoms with Crippen LogP contribution in [0.5, 0.6) is 0 Å². The van der Waals surface area contributed by atoms with E-state index in [0.717, 1.165) is 30.2 Å². The number of nitrogens with zero attached hydrogens (tertiary/aromatic N) is 2. The van der Waals surface area contributed by atoms with E-state index in [4.69, 9.17) is 0 Å². The molecule has 3 rings (SSSR count). The number of benzene rings is 2. The molecule has 0 unspecified atom stereocenters. The van der Waals surface area contributed by atoms with Gasteiger partial charge in [-0.1, -0.05) is 38.1 Å². The number of hydrogen-bond acceptors (Lipinski definition) is 5. The van der Waals surface area contributed by atoms with Crippen LogP contribution in [0.2, 0.25) is 0 Å². The lowest BCUT2D eigenvalue weighted by atomic mass is 10.00. The number of aromatic nitrogens is 2. The van der Waals surface area contributed by atoms with Crippen molar-refractivity contribution in [3.63, 3.8) is 0 Å². The summed E-state index contributed by atoms with van der Waals surface area (Å²) in [4.78, 5) is 17.2. The number of carbonyl (C=O) groups is 1. The van der Waals surface area contributed by atoms with Crippen molar-refractivity contribution >= 4 is 5.91 Å². The fraction of sp³-hybridized carbons (Fsp3) is 0.370. The maximum atomic E-state index is 13.8. The fourth-order valence-electron chi connectivity index (χ4n) is 4.06. The zero-order chi connectivity index (χ0) is 26.1. The second-order valence-electron chi connectivity index (χ2n) is 8.73. The maximum Gasteiger partial charge on any atom is 0.276 e. The molecule has 2 atom stereocenters. The second kappa shape index (κ2) is 13.0. The highest BCUT2D eigenvalue weighted by atomic mass is 19.1. The molecule has 0 spiro atoms. The van der Waals surface area contributed by atoms with E-state index in [9.17, 15) is 23.9 Å². The van der Waals surface area contributed by atoms with Crippen LogP contribution in [0.4, 0.5) is 8.78 Å². The molecule has 192 valence electrons. The van der Waals surface area contributed by atoms with Crippen molar-refractivity contribution in [2.75, 3.05) is 6.54 Å². The molecule has 3 aromatic rings. The Labute approximate surface area is 209 Å². The van der Waals surface area contributed by atoms with Crippen molar-refractivity contribution in [2.45, 2.75) is 58.2 Å². The summed E-state index contributed by atoms with van der Waals surface area (Å²) in [5, 5.41) is 29.1. The largest absolute Gasteiger partial charge is 0.618 e. The van der Waals surface area contributed by atoms with E-state index in [-0.39, 0.29) is 29.9 Å². The van der Waals surface area contributed by atoms with Gasteiger partial charge in [-0.05, 0) is 48.1 Å². The summed E-state index contributed by atoms with van der Waals surface area (Å²) in [6, 6.07) is 10.2. The summed E-state index contributed by atoms with van der Waals surface area (Å²) < 4.78 is 28.2. The summed E-state index contributed by atoms with van der Waals surface area (Å²) in [6.07, 6.45) is 3.23. The Balaban J connectivity index is 1.77. The van der Waals surface area contributed by atoms with Gasteiger partial charge in [0.2, 0.25) is 5.69 Å². The highest BCUT2D eigenvalue weighted by Crippen LogP contribution is 2.13. The maximum absolute atomic E-state index is 13.8. The number of halogens is 2. The molecule has 1 aromatic heterocycles. The Kier molecular flexibility index (Phi) is 9.84. The van der Waals surface area contributed by atoms with Crippen LogP contribution in [0.3, 0.4) is 0 Å². The number of aryl methyl sites for hydroxylation is 1. The fourth-order valence-corrected chi connectivity index (χ4v) is 4.06. The van der Waals surface area contributed by atoms with Crippen LogP contribution in [0.15, 0.2) is 54.9 Å². The van der Waals surface area contributed by atoms with Crippen LogP contribution in [0.1, 0.15) is 53.1 Å². The second-order valence-corrected chi connectivity index (χ2v) is 8.73. The van der Waals surface area contributed by atoms with Crippen molar-refractivity contribution in [2.24, 2.45) is 0 Å². The van der Waals surface area contributed by atoms with Gasteiger partial charge in [0.25, 0.3) is 5.91 Å². The molecule has 3 N–H and O–H groups in total. The molecule has 36 heavy (non-hydrogen) atoms. The van der Waals surface area contributed by atoms with Gasteiger partial charge in [-0.2, -0.15) is 4.73 Å². The molecule has 0 aliphatic heterocycles. The number of hydrogen-bond donors (Lipinski definition) is 3. The Hall–Kier alpha value is -3.43. The van der Waals surface area contributed by atoms with E-state index in [2.05, 4.69) is 28.6 Å². The van der Waals surface area contributed by atoms with Crippen molar-refractivity contribution in [3.8, 4) is 0 Å². The molecule has 7 nitrogen and oxygen atoms in total. The lowest BCUT2D eigenvalue weighted by Gasteiger charge is -2.25. The number of aliphatic hydroxyl groups is 1. The first kappa shape index (κ1) is 27.2. The number of amides is 1. The van der Waals surface area contributed by atoms with E-state index < -0.39 is 29.7 Å². The lowest BCUT2D eigenvalue weighted by molar-refractivity contribution is -0.614. The summed E-state index contributed by atoms with van der Waals surface area (Å²) in [6.45, 7) is 4.56. The van der Waals surface area contributed by atoms with Crippen molar-refractivity contribution in [1.29, 1.82) is 0 Å². The monoisotopic (exact) mass is 498 g/mol. The van der Waals surface area contributed by atoms with E-state index >= 15 is 0 Å². The van der Waals surface area contributed by atoms with Crippen molar-refractivity contribution in [1.82, 2.24) is 15.6 Å². The van der Waals surface area contributed by atoms with E-state index in [1.165, 1.54) is 18.0 Å². The predicted molar refractivity (Wildman–Crippen MR) is 132 cm³/mol. The van der Waals surface area contributed by atoms with Gasteiger partial charge in [-0.25, -0.2) is 13.8 Å². The SMILES string of the molecule is CCCc1c(C(=O)N[C@@H](Cc2cc(F)cc(F)c2)[C@@H](O)CNCc2cccc(CC)c2)ncc[n+]1[O-]. The topological polar surface area (TPSA) is 101 Å². The van der Waals surface area contributed by atoms with E-state index in [1.54, 1.807) is 0 Å². The van der Waals surface area contributed by atoms with Gasteiger partial charge in [0.1, 0.15) is 11.6 Å². The van der Waals surface area contributed by atoms with Crippen molar-refractivity contribution in [3.05, 3.63) is 99.8 Å². The van der Waals surface area contributed by atoms with Crippen LogP contribution in [0, 0.1) is 16.8 Å². The third kappa shape index (κ3) is 7.53. The van der Waals surface area contributed by atoms with Crippen LogP contribution in [-0.4, -0.2) is 34.7 Å². The highest BCUT2D eigenvalue weighted by Gasteiger charge is 2.27. The molecular formula is C27H32F2N4O3. The minimum absolute atomic E-state index is 0.0259. The molecule has 1 heterocycles. The summed E-state index contributed by atoms with van der Waals surface area (Å²) in [5.74, 6) is -2.14. The van der Waals surface area contributed by atoms with Crippen LogP contribution < -0.4 is 15.4 Å². The smallest absolute Gasteiger partial charge is 0.276 e. The average Bonchev–Trinajstić information content (AvgIpc) is 2.84. The Bertz CT molecular complexity index is 1160. The Morgan fingerprint density at radius 2 is 1.83 bits per heavy atom. The summed E-state index contributed by atoms with van der Waals surface area (Å²) >= 11 is 0. The average molecular weight is 499 g/mol. The van der Waals surface area contributed by atoms with Gasteiger partial charge in [-0.15, -0.1) is 0 Å². The molecule has 1 amide bonds. The number of aliphatic hydroxyl groups excluding tert-OH is 1. The molecule has 0 aliphatic carbocycles. The van der Waals surface area contributed by atoms with Gasteiger partial charge >= 0.3 is 0 Å². The molecule has 0 aliphatic rings. The summed E-state index contributed by atoms with van der Waals surface area (Å²) in [7, 11) is 0. The van der Waals surface area contributed by atoms with E-state index in [1.807, 2.05) is 25.1 Å². The quantitative estimate of drug-likeness (QED) is 0.263. The molecule has 0 saturated carbocycles. The number of rotatable bonds is 12. The predicted octanol–water partition coefficient (Wildman–Crippen LogP) is 3.00. The molecule has 0 saturated heterocycles. The van der Waals surface area contributed by atoms with Gasteiger partial charge < -0.3 is 20.9 Å². The van der Waals surface area contributed by atoms with Gasteiger partial charge in [0.15, 0.2) is 11.9 Å². The third-order valence-corrected chi connectivity index (χ3v) is 5.89. The molecule has 9 heteroatoms. The first-order chi connectivity index (χ1) is 17.3. The van der Waals surface area contributed by atoms with E-state index in [0.29, 0.717) is 24.1 Å². The standard InChI is InChI=1S/C27H32F2N4O3/c1-3-6-24-26(31-9-10-33(24)36)27(35)32-23(14-20-12-21(28)15-22(29)13-20)25(34)17-30-16-19-8-5-7-18(4-2)11-19/h5,7-13,15,23,25,30,34H,3-4,6,14,16-17H2,1-2H3,(H,32,35)/t23-,25-/m0/s1. The highest BCUT2D eigenvalue weighted by molar-refractivity contribution is 5.93. The van der Waals surface area contributed by atoms with Gasteiger partial charge in [0.05, 0.1) is 18.3 Å². The zero-order valence-electron chi connectivity index (χ0n) is 20.5. The number of nitrogens with one attached hydrogen (secondary N) is 2. The normalized spacial score (nSPS) is 12.8. The molecule has 2 aromatic carbocycles. The molecule has 0 bridgehead atoms. The van der Waals surface area contributed by atoms with Crippen LogP contribution in [0.25, 0.3) is 0 Å². The Morgan fingerprint density at radius 3 is 2.53 bits per heavy atom. The van der Waals surface area contributed by atoms with Crippen molar-refractivity contribution < 1.29 is 23.4 Å².